The van der Waals surface area contributed by atoms with Crippen molar-refractivity contribution in [1.29, 1.82) is 0 Å². The maximum absolute atomic E-state index is 6.44. The van der Waals surface area contributed by atoms with Gasteiger partial charge in [0.2, 0.25) is 11.8 Å². The van der Waals surface area contributed by atoms with Gasteiger partial charge in [-0.3, -0.25) is 4.57 Å². The summed E-state index contributed by atoms with van der Waals surface area (Å²) in [5.74, 6) is 2.44. The molecule has 154 valence electrons. The maximum Gasteiger partial charge on any atom is 0.226 e. The number of halogens is 1. The van der Waals surface area contributed by atoms with E-state index in [1.165, 1.54) is 11.8 Å². The average molecular weight is 440 g/mol. The van der Waals surface area contributed by atoms with Crippen LogP contribution in [0, 0.1) is 0 Å². The lowest BCUT2D eigenvalue weighted by molar-refractivity contribution is 0.378. The molecule has 0 N–H and O–H groups in total. The van der Waals surface area contributed by atoms with E-state index in [2.05, 4.69) is 37.1 Å². The minimum Gasteiger partial charge on any atom is -0.424 e. The minimum absolute atomic E-state index is 0.180. The van der Waals surface area contributed by atoms with Crippen LogP contribution in [0.1, 0.15) is 38.1 Å². The molecule has 0 fully saturated rings. The Bertz CT molecular complexity index is 1130. The molecular formula is C22H22ClN5OS. The molecule has 8 heteroatoms. The second-order valence-corrected chi connectivity index (χ2v) is 9.25. The van der Waals surface area contributed by atoms with E-state index in [0.29, 0.717) is 29.1 Å². The summed E-state index contributed by atoms with van der Waals surface area (Å²) in [5.41, 5.74) is 1.82. The van der Waals surface area contributed by atoms with Gasteiger partial charge >= 0.3 is 0 Å². The molecule has 4 rings (SSSR count). The Morgan fingerprint density at radius 1 is 0.933 bits per heavy atom. The minimum atomic E-state index is -0.180. The van der Waals surface area contributed by atoms with Crippen molar-refractivity contribution in [2.45, 2.75) is 43.6 Å². The normalized spacial score (nSPS) is 11.7. The van der Waals surface area contributed by atoms with Crippen LogP contribution >= 0.6 is 23.4 Å². The van der Waals surface area contributed by atoms with Crippen molar-refractivity contribution < 1.29 is 4.42 Å². The third-order valence-electron chi connectivity index (χ3n) is 4.45. The van der Waals surface area contributed by atoms with Crippen molar-refractivity contribution in [3.05, 3.63) is 77.0 Å². The van der Waals surface area contributed by atoms with Crippen LogP contribution in [0.5, 0.6) is 0 Å². The van der Waals surface area contributed by atoms with E-state index >= 15 is 0 Å². The van der Waals surface area contributed by atoms with Crippen LogP contribution in [-0.4, -0.2) is 25.0 Å². The zero-order valence-corrected chi connectivity index (χ0v) is 18.6. The summed E-state index contributed by atoms with van der Waals surface area (Å²) in [6.45, 7) is 6.77. The lowest BCUT2D eigenvalue weighted by Gasteiger charge is -2.11. The summed E-state index contributed by atoms with van der Waals surface area (Å²) in [6, 6.07) is 17.9. The van der Waals surface area contributed by atoms with Crippen molar-refractivity contribution in [3.63, 3.8) is 0 Å². The van der Waals surface area contributed by atoms with E-state index < -0.39 is 0 Å². The Morgan fingerprint density at radius 2 is 1.67 bits per heavy atom. The lowest BCUT2D eigenvalue weighted by atomic mass is 9.97. The highest BCUT2D eigenvalue weighted by Gasteiger charge is 2.22. The van der Waals surface area contributed by atoms with Gasteiger partial charge in [-0.2, -0.15) is 0 Å². The molecule has 0 atom stereocenters. The molecule has 0 amide bonds. The van der Waals surface area contributed by atoms with E-state index in [1.54, 1.807) is 0 Å². The first-order valence-corrected chi connectivity index (χ1v) is 11.0. The van der Waals surface area contributed by atoms with E-state index in [9.17, 15) is 0 Å². The van der Waals surface area contributed by atoms with Gasteiger partial charge in [-0.1, -0.05) is 86.6 Å². The molecule has 0 aliphatic rings. The van der Waals surface area contributed by atoms with E-state index in [-0.39, 0.29) is 5.41 Å². The quantitative estimate of drug-likeness (QED) is 0.363. The van der Waals surface area contributed by atoms with Gasteiger partial charge in [0.1, 0.15) is 0 Å². The smallest absolute Gasteiger partial charge is 0.226 e. The molecule has 0 spiro atoms. The Morgan fingerprint density at radius 3 is 2.37 bits per heavy atom. The summed E-state index contributed by atoms with van der Waals surface area (Å²) in [5, 5.41) is 18.6. The number of aromatic nitrogens is 5. The Balaban J connectivity index is 1.64. The molecule has 2 heterocycles. The average Bonchev–Trinajstić information content (AvgIpc) is 3.35. The summed E-state index contributed by atoms with van der Waals surface area (Å²) >= 11 is 7.95. The van der Waals surface area contributed by atoms with E-state index in [1.807, 2.05) is 63.2 Å². The second kappa shape index (κ2) is 8.62. The standard InChI is InChI=1S/C22H22ClN5OS/c1-22(2,3)20-26-24-18(29-20)14-30-21-27-25-19(16-11-7-8-12-17(16)23)28(21)13-15-9-5-4-6-10-15/h4-12H,13-14H2,1-3H3. The van der Waals surface area contributed by atoms with Crippen molar-refractivity contribution in [1.82, 2.24) is 25.0 Å². The Hall–Kier alpha value is -2.64. The Kier molecular flexibility index (Phi) is 5.92. The van der Waals surface area contributed by atoms with E-state index in [4.69, 9.17) is 16.0 Å². The van der Waals surface area contributed by atoms with Gasteiger partial charge in [0.15, 0.2) is 11.0 Å². The number of benzene rings is 2. The predicted octanol–water partition coefficient (Wildman–Crippen LogP) is 5.62. The highest BCUT2D eigenvalue weighted by atomic mass is 35.5. The summed E-state index contributed by atoms with van der Waals surface area (Å²) in [6.07, 6.45) is 0. The number of hydrogen-bond donors (Lipinski definition) is 0. The third-order valence-corrected chi connectivity index (χ3v) is 5.73. The topological polar surface area (TPSA) is 69.6 Å². The molecule has 4 aromatic rings. The zero-order valence-electron chi connectivity index (χ0n) is 17.0. The fourth-order valence-corrected chi connectivity index (χ4v) is 3.88. The first kappa shape index (κ1) is 20.6. The van der Waals surface area contributed by atoms with E-state index in [0.717, 1.165) is 22.1 Å². The van der Waals surface area contributed by atoms with Gasteiger partial charge in [-0.05, 0) is 17.7 Å². The van der Waals surface area contributed by atoms with Crippen molar-refractivity contribution in [3.8, 4) is 11.4 Å². The summed E-state index contributed by atoms with van der Waals surface area (Å²) in [7, 11) is 0. The monoisotopic (exact) mass is 439 g/mol. The second-order valence-electron chi connectivity index (χ2n) is 7.90. The van der Waals surface area contributed by atoms with Crippen LogP contribution in [0.3, 0.4) is 0 Å². The van der Waals surface area contributed by atoms with Gasteiger partial charge in [0.25, 0.3) is 0 Å². The molecule has 0 unspecified atom stereocenters. The van der Waals surface area contributed by atoms with Gasteiger partial charge in [0, 0.05) is 11.0 Å². The molecule has 0 saturated carbocycles. The fourth-order valence-electron chi connectivity index (χ4n) is 2.89. The van der Waals surface area contributed by atoms with Crippen LogP contribution in [0.2, 0.25) is 5.02 Å². The molecule has 0 aliphatic heterocycles. The van der Waals surface area contributed by atoms with Gasteiger partial charge in [-0.15, -0.1) is 20.4 Å². The number of thioether (sulfide) groups is 1. The molecule has 0 aliphatic carbocycles. The van der Waals surface area contributed by atoms with Crippen LogP contribution < -0.4 is 0 Å². The SMILES string of the molecule is CC(C)(C)c1nnc(CSc2nnc(-c3ccccc3Cl)n2Cc2ccccc2)o1. The van der Waals surface area contributed by atoms with Crippen LogP contribution in [0.15, 0.2) is 64.2 Å². The van der Waals surface area contributed by atoms with Crippen LogP contribution in [0.4, 0.5) is 0 Å². The summed E-state index contributed by atoms with van der Waals surface area (Å²) in [4.78, 5) is 0. The van der Waals surface area contributed by atoms with Crippen molar-refractivity contribution >= 4 is 23.4 Å². The number of nitrogens with zero attached hydrogens (tertiary/aromatic N) is 5. The Labute approximate surface area is 184 Å². The number of hydrogen-bond acceptors (Lipinski definition) is 6. The molecule has 6 nitrogen and oxygen atoms in total. The van der Waals surface area contributed by atoms with Crippen LogP contribution in [-0.2, 0) is 17.7 Å². The zero-order chi connectivity index (χ0) is 21.1. The molecule has 2 aromatic carbocycles. The van der Waals surface area contributed by atoms with Crippen molar-refractivity contribution in [2.24, 2.45) is 0 Å². The largest absolute Gasteiger partial charge is 0.424 e. The molecule has 30 heavy (non-hydrogen) atoms. The maximum atomic E-state index is 6.44. The number of rotatable bonds is 6. The third kappa shape index (κ3) is 4.57. The van der Waals surface area contributed by atoms with Gasteiger partial charge in [-0.25, -0.2) is 0 Å². The molecule has 0 saturated heterocycles. The summed E-state index contributed by atoms with van der Waals surface area (Å²) < 4.78 is 7.89. The highest BCUT2D eigenvalue weighted by molar-refractivity contribution is 7.98. The van der Waals surface area contributed by atoms with Crippen molar-refractivity contribution in [2.75, 3.05) is 0 Å². The first-order valence-electron chi connectivity index (χ1n) is 9.59. The van der Waals surface area contributed by atoms with Crippen LogP contribution in [0.25, 0.3) is 11.4 Å². The first-order chi connectivity index (χ1) is 14.4. The van der Waals surface area contributed by atoms with Gasteiger partial charge in [0.05, 0.1) is 17.3 Å². The molecular weight excluding hydrogens is 418 g/mol. The lowest BCUT2D eigenvalue weighted by Crippen LogP contribution is -2.11. The highest BCUT2D eigenvalue weighted by Crippen LogP contribution is 2.31. The fraction of sp³-hybridized carbons (Fsp3) is 0.273. The molecule has 0 bridgehead atoms. The van der Waals surface area contributed by atoms with Gasteiger partial charge < -0.3 is 4.42 Å². The predicted molar refractivity (Wildman–Crippen MR) is 119 cm³/mol. The molecule has 2 aromatic heterocycles. The molecule has 0 radical (unpaired) electrons.